The smallest absolute Gasteiger partial charge is 0.0225 e. The second-order valence-corrected chi connectivity index (χ2v) is 5.15. The van der Waals surface area contributed by atoms with E-state index in [4.69, 9.17) is 5.73 Å². The van der Waals surface area contributed by atoms with Gasteiger partial charge in [0.2, 0.25) is 0 Å². The van der Waals surface area contributed by atoms with Crippen molar-refractivity contribution in [2.75, 3.05) is 0 Å². The van der Waals surface area contributed by atoms with Crippen molar-refractivity contribution in [2.24, 2.45) is 5.73 Å². The first-order valence-electron chi connectivity index (χ1n) is 7.23. The monoisotopic (exact) mass is 256 g/mol. The molecule has 1 aromatic carbocycles. The third-order valence-corrected chi connectivity index (χ3v) is 3.63. The maximum absolute atomic E-state index is 6.04. The molecular weight excluding hydrogens is 232 g/mol. The fraction of sp³-hybridized carbons (Fsp3) is 0.412. The lowest BCUT2D eigenvalue weighted by Crippen LogP contribution is -2.23. The third kappa shape index (κ3) is 4.25. The highest BCUT2D eigenvalue weighted by molar-refractivity contribution is 5.14. The third-order valence-electron chi connectivity index (χ3n) is 3.63. The zero-order chi connectivity index (χ0) is 13.5. The Labute approximate surface area is 116 Å². The topological polar surface area (TPSA) is 30.9 Å². The summed E-state index contributed by atoms with van der Waals surface area (Å²) < 4.78 is 2.35. The number of nitrogens with two attached hydrogens (primary N) is 1. The van der Waals surface area contributed by atoms with Gasteiger partial charge in [0.05, 0.1) is 0 Å². The van der Waals surface area contributed by atoms with E-state index in [2.05, 4.69) is 60.2 Å². The quantitative estimate of drug-likeness (QED) is 0.808. The summed E-state index contributed by atoms with van der Waals surface area (Å²) in [4.78, 5) is 0. The summed E-state index contributed by atoms with van der Waals surface area (Å²) in [7, 11) is 0. The Morgan fingerprint density at radius 2 is 1.89 bits per heavy atom. The number of rotatable bonds is 7. The molecule has 1 unspecified atom stereocenters. The van der Waals surface area contributed by atoms with Crippen LogP contribution in [0, 0.1) is 0 Å². The number of nitrogens with zero attached hydrogens (tertiary/aromatic N) is 1. The minimum Gasteiger partial charge on any atom is -0.351 e. The van der Waals surface area contributed by atoms with Gasteiger partial charge in [-0.25, -0.2) is 0 Å². The Kier molecular flexibility index (Phi) is 5.22. The SMILES string of the molecule is CCC(N)Cc1cccn1CCCc1ccccc1. The van der Waals surface area contributed by atoms with E-state index in [9.17, 15) is 0 Å². The fourth-order valence-corrected chi connectivity index (χ4v) is 2.36. The van der Waals surface area contributed by atoms with Crippen molar-refractivity contribution in [3.05, 3.63) is 59.9 Å². The first kappa shape index (κ1) is 13.9. The Balaban J connectivity index is 1.84. The molecule has 2 N–H and O–H groups in total. The van der Waals surface area contributed by atoms with E-state index < -0.39 is 0 Å². The second-order valence-electron chi connectivity index (χ2n) is 5.15. The van der Waals surface area contributed by atoms with Gasteiger partial charge in [-0.05, 0) is 37.0 Å². The Bertz CT molecular complexity index is 473. The average molecular weight is 256 g/mol. The van der Waals surface area contributed by atoms with Crippen molar-refractivity contribution in [1.29, 1.82) is 0 Å². The van der Waals surface area contributed by atoms with Gasteiger partial charge in [0, 0.05) is 30.9 Å². The molecule has 2 rings (SSSR count). The molecule has 1 heterocycles. The van der Waals surface area contributed by atoms with Crippen LogP contribution in [0.5, 0.6) is 0 Å². The van der Waals surface area contributed by atoms with Crippen molar-refractivity contribution in [3.63, 3.8) is 0 Å². The van der Waals surface area contributed by atoms with Crippen molar-refractivity contribution >= 4 is 0 Å². The number of benzene rings is 1. The highest BCUT2D eigenvalue weighted by Crippen LogP contribution is 2.09. The van der Waals surface area contributed by atoms with E-state index in [-0.39, 0.29) is 6.04 Å². The lowest BCUT2D eigenvalue weighted by molar-refractivity contribution is 0.575. The Morgan fingerprint density at radius 1 is 1.11 bits per heavy atom. The summed E-state index contributed by atoms with van der Waals surface area (Å²) in [6.07, 6.45) is 6.50. The van der Waals surface area contributed by atoms with Crippen molar-refractivity contribution in [1.82, 2.24) is 4.57 Å². The van der Waals surface area contributed by atoms with Crippen LogP contribution in [0.1, 0.15) is 31.0 Å². The van der Waals surface area contributed by atoms with Gasteiger partial charge < -0.3 is 10.3 Å². The van der Waals surface area contributed by atoms with Crippen LogP contribution in [0.3, 0.4) is 0 Å². The summed E-state index contributed by atoms with van der Waals surface area (Å²) in [5.74, 6) is 0. The van der Waals surface area contributed by atoms with Gasteiger partial charge in [0.15, 0.2) is 0 Å². The van der Waals surface area contributed by atoms with E-state index in [1.54, 1.807) is 0 Å². The number of aryl methyl sites for hydroxylation is 2. The van der Waals surface area contributed by atoms with E-state index >= 15 is 0 Å². The molecule has 1 aromatic heterocycles. The fourth-order valence-electron chi connectivity index (χ4n) is 2.36. The summed E-state index contributed by atoms with van der Waals surface area (Å²) in [5.41, 5.74) is 8.82. The number of hydrogen-bond acceptors (Lipinski definition) is 1. The first-order valence-corrected chi connectivity index (χ1v) is 7.23. The molecular formula is C17H24N2. The molecule has 0 aliphatic rings. The molecule has 1 atom stereocenters. The molecule has 19 heavy (non-hydrogen) atoms. The van der Waals surface area contributed by atoms with Crippen LogP contribution in [0.4, 0.5) is 0 Å². The lowest BCUT2D eigenvalue weighted by atomic mass is 10.1. The van der Waals surface area contributed by atoms with Crippen LogP contribution in [-0.2, 0) is 19.4 Å². The van der Waals surface area contributed by atoms with Gasteiger partial charge in [-0.2, -0.15) is 0 Å². The van der Waals surface area contributed by atoms with Crippen LogP contribution in [0.2, 0.25) is 0 Å². The van der Waals surface area contributed by atoms with Gasteiger partial charge in [-0.1, -0.05) is 37.3 Å². The molecule has 2 nitrogen and oxygen atoms in total. The molecule has 0 aliphatic carbocycles. The zero-order valence-electron chi connectivity index (χ0n) is 11.8. The summed E-state index contributed by atoms with van der Waals surface area (Å²) in [6, 6.07) is 15.3. The van der Waals surface area contributed by atoms with Gasteiger partial charge in [-0.15, -0.1) is 0 Å². The summed E-state index contributed by atoms with van der Waals surface area (Å²) in [6.45, 7) is 3.22. The number of hydrogen-bond donors (Lipinski definition) is 1. The van der Waals surface area contributed by atoms with Crippen molar-refractivity contribution in [2.45, 2.75) is 45.2 Å². The minimum absolute atomic E-state index is 0.280. The molecule has 2 heteroatoms. The molecule has 0 radical (unpaired) electrons. The molecule has 0 saturated heterocycles. The molecule has 0 bridgehead atoms. The maximum atomic E-state index is 6.04. The van der Waals surface area contributed by atoms with Crippen molar-refractivity contribution < 1.29 is 0 Å². The molecule has 2 aromatic rings. The van der Waals surface area contributed by atoms with Gasteiger partial charge >= 0.3 is 0 Å². The van der Waals surface area contributed by atoms with Crippen LogP contribution in [0.15, 0.2) is 48.7 Å². The molecule has 0 fully saturated rings. The summed E-state index contributed by atoms with van der Waals surface area (Å²) in [5, 5.41) is 0. The molecule has 0 amide bonds. The first-order chi connectivity index (χ1) is 9.29. The van der Waals surface area contributed by atoms with Crippen LogP contribution < -0.4 is 5.73 Å². The van der Waals surface area contributed by atoms with Crippen molar-refractivity contribution in [3.8, 4) is 0 Å². The molecule has 102 valence electrons. The standard InChI is InChI=1S/C17H24N2/c1-2-16(18)14-17-11-7-13-19(17)12-6-10-15-8-4-3-5-9-15/h3-5,7-9,11,13,16H,2,6,10,12,14,18H2,1H3. The highest BCUT2D eigenvalue weighted by atomic mass is 15.0. The normalized spacial score (nSPS) is 12.5. The predicted octanol–water partition coefficient (Wildman–Crippen LogP) is 3.40. The van der Waals surface area contributed by atoms with Gasteiger partial charge in [0.1, 0.15) is 0 Å². The maximum Gasteiger partial charge on any atom is 0.0225 e. The molecule has 0 aliphatic heterocycles. The highest BCUT2D eigenvalue weighted by Gasteiger charge is 2.05. The predicted molar refractivity (Wildman–Crippen MR) is 81.2 cm³/mol. The van der Waals surface area contributed by atoms with E-state index in [1.165, 1.54) is 17.7 Å². The van der Waals surface area contributed by atoms with Crippen LogP contribution >= 0.6 is 0 Å². The lowest BCUT2D eigenvalue weighted by Gasteiger charge is -2.12. The van der Waals surface area contributed by atoms with E-state index in [0.717, 1.165) is 25.8 Å². The van der Waals surface area contributed by atoms with Crippen LogP contribution in [0.25, 0.3) is 0 Å². The molecule has 0 saturated carbocycles. The number of aromatic nitrogens is 1. The average Bonchev–Trinajstić information content (AvgIpc) is 2.87. The largest absolute Gasteiger partial charge is 0.351 e. The Morgan fingerprint density at radius 3 is 2.63 bits per heavy atom. The Hall–Kier alpha value is -1.54. The van der Waals surface area contributed by atoms with Gasteiger partial charge in [-0.3, -0.25) is 0 Å². The minimum atomic E-state index is 0.280. The summed E-state index contributed by atoms with van der Waals surface area (Å²) >= 11 is 0. The second kappa shape index (κ2) is 7.15. The van der Waals surface area contributed by atoms with E-state index in [0.29, 0.717) is 0 Å². The molecule has 0 spiro atoms. The van der Waals surface area contributed by atoms with E-state index in [1.807, 2.05) is 0 Å². The van der Waals surface area contributed by atoms with Gasteiger partial charge in [0.25, 0.3) is 0 Å². The van der Waals surface area contributed by atoms with Crippen LogP contribution in [-0.4, -0.2) is 10.6 Å². The zero-order valence-corrected chi connectivity index (χ0v) is 11.8.